The summed E-state index contributed by atoms with van der Waals surface area (Å²) < 4.78 is 0. The first-order chi connectivity index (χ1) is 6.31. The maximum Gasteiger partial charge on any atom is 0.236 e. The number of rotatable bonds is 4. The van der Waals surface area contributed by atoms with E-state index in [1.165, 1.54) is 0 Å². The lowest BCUT2D eigenvalue weighted by Crippen LogP contribution is -2.47. The van der Waals surface area contributed by atoms with Crippen LogP contribution >= 0.6 is 0 Å². The standard InChI is InChI=1S/C9H19N3O2/c1-6(10)7(13)12-5-9(2,3)8(14)11-4/h6H,5,10H2,1-4H3,(H,11,14)(H,12,13)/t6-/m1/s1. The Morgan fingerprint density at radius 1 is 1.43 bits per heavy atom. The maximum atomic E-state index is 11.3. The van der Waals surface area contributed by atoms with Crippen molar-refractivity contribution in [3.63, 3.8) is 0 Å². The van der Waals surface area contributed by atoms with Crippen molar-refractivity contribution in [1.82, 2.24) is 10.6 Å². The van der Waals surface area contributed by atoms with Crippen molar-refractivity contribution in [2.45, 2.75) is 26.8 Å². The zero-order chi connectivity index (χ0) is 11.4. The minimum absolute atomic E-state index is 0.109. The molecule has 0 aliphatic carbocycles. The first-order valence-corrected chi connectivity index (χ1v) is 4.56. The second-order valence-corrected chi connectivity index (χ2v) is 3.97. The van der Waals surface area contributed by atoms with Gasteiger partial charge in [-0.3, -0.25) is 9.59 Å². The van der Waals surface area contributed by atoms with E-state index in [-0.39, 0.29) is 18.4 Å². The normalized spacial score (nSPS) is 13.2. The fourth-order valence-corrected chi connectivity index (χ4v) is 0.888. The molecule has 0 spiro atoms. The predicted octanol–water partition coefficient (Wildman–Crippen LogP) is -0.778. The number of carbonyl (C=O) groups is 2. The topological polar surface area (TPSA) is 84.2 Å². The summed E-state index contributed by atoms with van der Waals surface area (Å²) in [6.07, 6.45) is 0. The zero-order valence-corrected chi connectivity index (χ0v) is 9.18. The van der Waals surface area contributed by atoms with E-state index in [2.05, 4.69) is 10.6 Å². The molecular weight excluding hydrogens is 182 g/mol. The minimum atomic E-state index is -0.612. The van der Waals surface area contributed by atoms with Gasteiger partial charge in [0.15, 0.2) is 0 Å². The lowest BCUT2D eigenvalue weighted by atomic mass is 9.92. The summed E-state index contributed by atoms with van der Waals surface area (Å²) in [5.74, 6) is -0.357. The van der Waals surface area contributed by atoms with Crippen LogP contribution in [0.15, 0.2) is 0 Å². The summed E-state index contributed by atoms with van der Waals surface area (Å²) in [6, 6.07) is -0.546. The lowest BCUT2D eigenvalue weighted by Gasteiger charge is -2.23. The highest BCUT2D eigenvalue weighted by atomic mass is 16.2. The van der Waals surface area contributed by atoms with Gasteiger partial charge in [0.05, 0.1) is 11.5 Å². The van der Waals surface area contributed by atoms with Crippen LogP contribution in [0.25, 0.3) is 0 Å². The molecule has 0 rings (SSSR count). The van der Waals surface area contributed by atoms with E-state index in [0.29, 0.717) is 0 Å². The molecule has 0 heterocycles. The van der Waals surface area contributed by atoms with Gasteiger partial charge >= 0.3 is 0 Å². The molecule has 0 aliphatic rings. The molecule has 0 aliphatic heterocycles. The number of nitrogens with one attached hydrogen (secondary N) is 2. The number of hydrogen-bond acceptors (Lipinski definition) is 3. The van der Waals surface area contributed by atoms with Gasteiger partial charge in [0.1, 0.15) is 0 Å². The zero-order valence-electron chi connectivity index (χ0n) is 9.18. The van der Waals surface area contributed by atoms with E-state index in [0.717, 1.165) is 0 Å². The summed E-state index contributed by atoms with van der Waals surface area (Å²) >= 11 is 0. The molecule has 4 N–H and O–H groups in total. The highest BCUT2D eigenvalue weighted by Gasteiger charge is 2.27. The van der Waals surface area contributed by atoms with Crippen LogP contribution in [-0.2, 0) is 9.59 Å². The maximum absolute atomic E-state index is 11.3. The molecule has 5 heteroatoms. The van der Waals surface area contributed by atoms with Crippen LogP contribution in [0.4, 0.5) is 0 Å². The SMILES string of the molecule is CNC(=O)C(C)(C)CNC(=O)[C@@H](C)N. The van der Waals surface area contributed by atoms with Gasteiger partial charge in [-0.15, -0.1) is 0 Å². The van der Waals surface area contributed by atoms with E-state index in [1.807, 2.05) is 0 Å². The second-order valence-electron chi connectivity index (χ2n) is 3.97. The van der Waals surface area contributed by atoms with E-state index in [9.17, 15) is 9.59 Å². The minimum Gasteiger partial charge on any atom is -0.359 e. The van der Waals surface area contributed by atoms with Crippen LogP contribution in [0.5, 0.6) is 0 Å². The molecule has 0 radical (unpaired) electrons. The molecule has 0 unspecified atom stereocenters. The molecular formula is C9H19N3O2. The highest BCUT2D eigenvalue weighted by Crippen LogP contribution is 2.12. The molecule has 0 aromatic rings. The second kappa shape index (κ2) is 4.95. The Morgan fingerprint density at radius 2 is 1.93 bits per heavy atom. The number of nitrogens with two attached hydrogens (primary N) is 1. The molecule has 1 atom stereocenters. The molecule has 0 aromatic carbocycles. The van der Waals surface area contributed by atoms with Gasteiger partial charge in [0.25, 0.3) is 0 Å². The van der Waals surface area contributed by atoms with Gasteiger partial charge in [-0.2, -0.15) is 0 Å². The van der Waals surface area contributed by atoms with Crippen molar-refractivity contribution >= 4 is 11.8 Å². The molecule has 82 valence electrons. The first-order valence-electron chi connectivity index (χ1n) is 4.56. The average molecular weight is 201 g/mol. The quantitative estimate of drug-likeness (QED) is 0.558. The lowest BCUT2D eigenvalue weighted by molar-refractivity contribution is -0.129. The summed E-state index contributed by atoms with van der Waals surface area (Å²) in [5, 5.41) is 5.15. The largest absolute Gasteiger partial charge is 0.359 e. The summed E-state index contributed by atoms with van der Waals surface area (Å²) in [6.45, 7) is 5.40. The van der Waals surface area contributed by atoms with Crippen molar-refractivity contribution in [3.8, 4) is 0 Å². The number of carbonyl (C=O) groups excluding carboxylic acids is 2. The van der Waals surface area contributed by atoms with Crippen molar-refractivity contribution in [2.24, 2.45) is 11.1 Å². The molecule has 0 bridgehead atoms. The predicted molar refractivity (Wildman–Crippen MR) is 54.5 cm³/mol. The Balaban J connectivity index is 4.12. The monoisotopic (exact) mass is 201 g/mol. The highest BCUT2D eigenvalue weighted by molar-refractivity contribution is 5.84. The van der Waals surface area contributed by atoms with Crippen molar-refractivity contribution in [3.05, 3.63) is 0 Å². The summed E-state index contributed by atoms with van der Waals surface area (Å²) in [7, 11) is 1.57. The summed E-state index contributed by atoms with van der Waals surface area (Å²) in [4.78, 5) is 22.5. The van der Waals surface area contributed by atoms with Crippen molar-refractivity contribution < 1.29 is 9.59 Å². The third-order valence-corrected chi connectivity index (χ3v) is 1.96. The van der Waals surface area contributed by atoms with Gasteiger partial charge in [0.2, 0.25) is 11.8 Å². The Bertz CT molecular complexity index is 224. The molecule has 14 heavy (non-hydrogen) atoms. The Kier molecular flexibility index (Phi) is 4.56. The van der Waals surface area contributed by atoms with E-state index < -0.39 is 11.5 Å². The summed E-state index contributed by atoms with van der Waals surface area (Å²) in [5.41, 5.74) is 4.75. The Morgan fingerprint density at radius 3 is 2.29 bits per heavy atom. The molecule has 0 saturated carbocycles. The van der Waals surface area contributed by atoms with Gasteiger partial charge in [-0.1, -0.05) is 0 Å². The van der Waals surface area contributed by atoms with Crippen molar-refractivity contribution in [1.29, 1.82) is 0 Å². The van der Waals surface area contributed by atoms with E-state index in [4.69, 9.17) is 5.73 Å². The van der Waals surface area contributed by atoms with Crippen molar-refractivity contribution in [2.75, 3.05) is 13.6 Å². The van der Waals surface area contributed by atoms with E-state index >= 15 is 0 Å². The average Bonchev–Trinajstić information content (AvgIpc) is 2.12. The van der Waals surface area contributed by atoms with Crippen LogP contribution in [0.1, 0.15) is 20.8 Å². The molecule has 0 fully saturated rings. The molecule has 0 saturated heterocycles. The third kappa shape index (κ3) is 3.74. The van der Waals surface area contributed by atoms with Crippen LogP contribution in [0.3, 0.4) is 0 Å². The number of amides is 2. The van der Waals surface area contributed by atoms with Gasteiger partial charge in [0, 0.05) is 13.6 Å². The molecule has 5 nitrogen and oxygen atoms in total. The van der Waals surface area contributed by atoms with Gasteiger partial charge in [-0.05, 0) is 20.8 Å². The fourth-order valence-electron chi connectivity index (χ4n) is 0.888. The van der Waals surface area contributed by atoms with Crippen LogP contribution in [0, 0.1) is 5.41 Å². The van der Waals surface area contributed by atoms with E-state index in [1.54, 1.807) is 27.8 Å². The Labute approximate surface area is 84.4 Å². The fraction of sp³-hybridized carbons (Fsp3) is 0.778. The molecule has 0 aromatic heterocycles. The Hall–Kier alpha value is -1.10. The van der Waals surface area contributed by atoms with Crippen LogP contribution in [0.2, 0.25) is 0 Å². The van der Waals surface area contributed by atoms with Gasteiger partial charge < -0.3 is 16.4 Å². The molecule has 2 amide bonds. The third-order valence-electron chi connectivity index (χ3n) is 1.96. The first kappa shape index (κ1) is 12.9. The number of hydrogen-bond donors (Lipinski definition) is 3. The van der Waals surface area contributed by atoms with Gasteiger partial charge in [-0.25, -0.2) is 0 Å². The smallest absolute Gasteiger partial charge is 0.236 e. The van der Waals surface area contributed by atoms with Crippen LogP contribution in [-0.4, -0.2) is 31.4 Å². The van der Waals surface area contributed by atoms with Crippen LogP contribution < -0.4 is 16.4 Å².